The van der Waals surface area contributed by atoms with Crippen LogP contribution in [-0.4, -0.2) is 41.3 Å². The predicted octanol–water partition coefficient (Wildman–Crippen LogP) is 5.06. The molecular weight excluding hydrogens is 502 g/mol. The summed E-state index contributed by atoms with van der Waals surface area (Å²) in [6.07, 6.45) is 4.19. The topological polar surface area (TPSA) is 116 Å². The van der Waals surface area contributed by atoms with E-state index < -0.39 is 18.0 Å². The molecular formula is C33H43N3O4. The molecule has 0 saturated carbocycles. The number of fused-ring (bicyclic) bond motifs is 1. The highest BCUT2D eigenvalue weighted by Gasteiger charge is 2.29. The average molecular weight is 546 g/mol. The van der Waals surface area contributed by atoms with Crippen LogP contribution in [0.5, 0.6) is 0 Å². The highest BCUT2D eigenvalue weighted by molar-refractivity contribution is 5.85. The van der Waals surface area contributed by atoms with Gasteiger partial charge in [-0.1, -0.05) is 87.0 Å². The van der Waals surface area contributed by atoms with Crippen LogP contribution in [0.2, 0.25) is 0 Å². The first-order valence-corrected chi connectivity index (χ1v) is 14.4. The number of primary amides is 1. The molecule has 0 saturated heterocycles. The smallest absolute Gasteiger partial charge is 0.306 e. The molecule has 3 aromatic rings. The third-order valence-corrected chi connectivity index (χ3v) is 7.22. The summed E-state index contributed by atoms with van der Waals surface area (Å²) in [7, 11) is 0. The maximum atomic E-state index is 13.6. The van der Waals surface area contributed by atoms with E-state index in [-0.39, 0.29) is 31.3 Å². The Bertz CT molecular complexity index is 1260. The van der Waals surface area contributed by atoms with Crippen LogP contribution >= 0.6 is 0 Å². The van der Waals surface area contributed by atoms with Crippen molar-refractivity contribution in [2.75, 3.05) is 6.54 Å². The van der Waals surface area contributed by atoms with Gasteiger partial charge >= 0.3 is 5.97 Å². The molecule has 0 spiro atoms. The van der Waals surface area contributed by atoms with E-state index in [0.717, 1.165) is 41.2 Å². The summed E-state index contributed by atoms with van der Waals surface area (Å²) >= 11 is 0. The van der Waals surface area contributed by atoms with Crippen LogP contribution in [0.4, 0.5) is 0 Å². The lowest BCUT2D eigenvalue weighted by Gasteiger charge is -2.33. The molecule has 4 N–H and O–H groups in total. The number of unbranched alkanes of at least 4 members (excludes halogenated alkanes) is 1. The van der Waals surface area contributed by atoms with Crippen LogP contribution in [0.3, 0.4) is 0 Å². The molecule has 7 heteroatoms. The van der Waals surface area contributed by atoms with E-state index >= 15 is 0 Å². The second kappa shape index (κ2) is 15.8. The Kier molecular flexibility index (Phi) is 12.2. The van der Waals surface area contributed by atoms with E-state index in [2.05, 4.69) is 50.2 Å². The Balaban J connectivity index is 1.65. The normalized spacial score (nSPS) is 12.6. The minimum Gasteiger partial charge on any atom is -0.461 e. The van der Waals surface area contributed by atoms with Crippen molar-refractivity contribution >= 4 is 28.6 Å². The van der Waals surface area contributed by atoms with Crippen LogP contribution in [0.1, 0.15) is 69.1 Å². The van der Waals surface area contributed by atoms with Crippen molar-refractivity contribution in [1.82, 2.24) is 4.90 Å². The number of amides is 2. The molecule has 2 amide bonds. The molecule has 0 unspecified atom stereocenters. The number of carbonyl (C=O) groups excluding carboxylic acids is 3. The molecule has 0 fully saturated rings. The average Bonchev–Trinajstić information content (AvgIpc) is 2.96. The van der Waals surface area contributed by atoms with E-state index in [4.69, 9.17) is 16.2 Å². The van der Waals surface area contributed by atoms with Gasteiger partial charge in [-0.05, 0) is 59.6 Å². The third kappa shape index (κ3) is 9.49. The number of aryl methyl sites for hydroxylation is 1. The molecule has 0 aliphatic heterocycles. The molecule has 7 nitrogen and oxygen atoms in total. The van der Waals surface area contributed by atoms with Crippen LogP contribution < -0.4 is 11.5 Å². The Labute approximate surface area is 237 Å². The highest BCUT2D eigenvalue weighted by Crippen LogP contribution is 2.22. The summed E-state index contributed by atoms with van der Waals surface area (Å²) in [5, 5.41) is 2.28. The summed E-state index contributed by atoms with van der Waals surface area (Å²) in [4.78, 5) is 39.6. The van der Waals surface area contributed by atoms with Gasteiger partial charge in [0.15, 0.2) is 0 Å². The highest BCUT2D eigenvalue weighted by atomic mass is 16.5. The first kappa shape index (κ1) is 30.8. The van der Waals surface area contributed by atoms with Crippen molar-refractivity contribution < 1.29 is 19.1 Å². The van der Waals surface area contributed by atoms with Crippen molar-refractivity contribution in [3.05, 3.63) is 83.4 Å². The van der Waals surface area contributed by atoms with Gasteiger partial charge in [0, 0.05) is 25.4 Å². The molecule has 0 bridgehead atoms. The zero-order chi connectivity index (χ0) is 28.9. The summed E-state index contributed by atoms with van der Waals surface area (Å²) < 4.78 is 5.34. The molecule has 0 heterocycles. The lowest BCUT2D eigenvalue weighted by Crippen LogP contribution is -2.51. The molecule has 214 valence electrons. The minimum absolute atomic E-state index is 0.0563. The molecule has 3 aromatic carbocycles. The SMILES string of the molecule is CCCCN(C(=O)[C@@H](N)CCCC(=O)OCc1ccccc1)[C@H](CC(N)=O)Cc1ccc2cc(CC)ccc2c1. The number of esters is 1. The number of nitrogens with two attached hydrogens (primary N) is 2. The molecule has 2 atom stereocenters. The van der Waals surface area contributed by atoms with Gasteiger partial charge in [-0.15, -0.1) is 0 Å². The number of ether oxygens (including phenoxy) is 1. The van der Waals surface area contributed by atoms with Gasteiger partial charge in [0.05, 0.1) is 6.04 Å². The molecule has 0 aliphatic rings. The fraction of sp³-hybridized carbons (Fsp3) is 0.424. The van der Waals surface area contributed by atoms with Crippen LogP contribution in [0, 0.1) is 0 Å². The Hall–Kier alpha value is -3.71. The molecule has 3 rings (SSSR count). The predicted molar refractivity (Wildman–Crippen MR) is 159 cm³/mol. The van der Waals surface area contributed by atoms with Crippen molar-refractivity contribution in [2.45, 2.75) is 83.9 Å². The maximum absolute atomic E-state index is 13.6. The fourth-order valence-electron chi connectivity index (χ4n) is 4.90. The molecule has 0 radical (unpaired) electrons. The minimum atomic E-state index is -0.779. The van der Waals surface area contributed by atoms with E-state index in [1.165, 1.54) is 5.56 Å². The lowest BCUT2D eigenvalue weighted by molar-refractivity contribution is -0.145. The van der Waals surface area contributed by atoms with Crippen LogP contribution in [0.15, 0.2) is 66.7 Å². The number of carbonyl (C=O) groups is 3. The zero-order valence-electron chi connectivity index (χ0n) is 23.8. The quantitative estimate of drug-likeness (QED) is 0.244. The van der Waals surface area contributed by atoms with Crippen molar-refractivity contribution in [2.24, 2.45) is 11.5 Å². The van der Waals surface area contributed by atoms with Crippen molar-refractivity contribution in [3.63, 3.8) is 0 Å². The third-order valence-electron chi connectivity index (χ3n) is 7.22. The summed E-state index contributed by atoms with van der Waals surface area (Å²) in [6, 6.07) is 21.0. The van der Waals surface area contributed by atoms with Gasteiger partial charge in [0.25, 0.3) is 0 Å². The summed E-state index contributed by atoms with van der Waals surface area (Å²) in [5.74, 6) is -0.992. The number of benzene rings is 3. The lowest BCUT2D eigenvalue weighted by atomic mass is 9.96. The van der Waals surface area contributed by atoms with Crippen molar-refractivity contribution in [1.29, 1.82) is 0 Å². The molecule has 40 heavy (non-hydrogen) atoms. The van der Waals surface area contributed by atoms with Gasteiger partial charge in [0.1, 0.15) is 6.61 Å². The second-order valence-electron chi connectivity index (χ2n) is 10.4. The Morgan fingerprint density at radius 1 is 0.875 bits per heavy atom. The van der Waals surface area contributed by atoms with Crippen LogP contribution in [-0.2, 0) is 38.6 Å². The van der Waals surface area contributed by atoms with E-state index in [1.54, 1.807) is 4.90 Å². The number of hydrogen-bond acceptors (Lipinski definition) is 5. The van der Waals surface area contributed by atoms with Gasteiger partial charge in [-0.25, -0.2) is 0 Å². The van der Waals surface area contributed by atoms with Gasteiger partial charge in [-0.2, -0.15) is 0 Å². The van der Waals surface area contributed by atoms with Gasteiger partial charge < -0.3 is 21.1 Å². The standard InChI is InChI=1S/C33H43N3O4/c1-3-5-18-36(33(39)30(34)12-9-13-32(38)40-23-25-10-7-6-8-11-25)29(22-31(35)37)21-26-15-17-27-19-24(4-2)14-16-28(27)20-26/h6-8,10-11,14-17,19-20,29-30H,3-5,9,12-13,18,21-23,34H2,1-2H3,(H2,35,37)/t29-,30-/m0/s1. The maximum Gasteiger partial charge on any atom is 0.306 e. The van der Waals surface area contributed by atoms with Crippen molar-refractivity contribution in [3.8, 4) is 0 Å². The number of rotatable bonds is 16. The fourth-order valence-corrected chi connectivity index (χ4v) is 4.90. The number of nitrogens with zero attached hydrogens (tertiary/aromatic N) is 1. The largest absolute Gasteiger partial charge is 0.461 e. The Morgan fingerprint density at radius 2 is 1.55 bits per heavy atom. The number of hydrogen-bond donors (Lipinski definition) is 2. The molecule has 0 aliphatic carbocycles. The van der Waals surface area contributed by atoms with E-state index in [9.17, 15) is 14.4 Å². The van der Waals surface area contributed by atoms with Gasteiger partial charge in [-0.3, -0.25) is 14.4 Å². The summed E-state index contributed by atoms with van der Waals surface area (Å²) in [5.41, 5.74) is 15.2. The second-order valence-corrected chi connectivity index (χ2v) is 10.4. The van der Waals surface area contributed by atoms with E-state index in [0.29, 0.717) is 25.8 Å². The van der Waals surface area contributed by atoms with Crippen LogP contribution in [0.25, 0.3) is 10.8 Å². The van der Waals surface area contributed by atoms with Gasteiger partial charge in [0.2, 0.25) is 11.8 Å². The zero-order valence-corrected chi connectivity index (χ0v) is 23.8. The first-order chi connectivity index (χ1) is 19.3. The monoisotopic (exact) mass is 545 g/mol. The first-order valence-electron chi connectivity index (χ1n) is 14.4. The molecule has 0 aromatic heterocycles. The Morgan fingerprint density at radius 3 is 2.20 bits per heavy atom. The summed E-state index contributed by atoms with van der Waals surface area (Å²) in [6.45, 7) is 4.90. The van der Waals surface area contributed by atoms with E-state index in [1.807, 2.05) is 30.3 Å².